The molecule has 0 saturated carbocycles. The molecule has 6 heteroatoms. The highest BCUT2D eigenvalue weighted by Crippen LogP contribution is 2.20. The molecule has 0 saturated heterocycles. The Labute approximate surface area is 118 Å². The van der Waals surface area contributed by atoms with Gasteiger partial charge in [0, 0.05) is 24.7 Å². The van der Waals surface area contributed by atoms with Gasteiger partial charge in [-0.1, -0.05) is 0 Å². The van der Waals surface area contributed by atoms with Crippen LogP contribution >= 0.6 is 0 Å². The van der Waals surface area contributed by atoms with Crippen molar-refractivity contribution in [3.05, 3.63) is 21.6 Å². The summed E-state index contributed by atoms with van der Waals surface area (Å²) in [5.74, 6) is 0. The van der Waals surface area contributed by atoms with Crippen LogP contribution in [0.5, 0.6) is 0 Å². The second kappa shape index (κ2) is 5.00. The number of carbonyl (C=O) groups excluding carboxylic acids is 1. The highest BCUT2D eigenvalue weighted by atomic mass is 16.6. The third kappa shape index (κ3) is 2.89. The minimum absolute atomic E-state index is 0.109. The van der Waals surface area contributed by atoms with E-state index in [1.807, 2.05) is 39.3 Å². The van der Waals surface area contributed by atoms with E-state index in [0.29, 0.717) is 25.1 Å². The number of aromatic nitrogens is 2. The van der Waals surface area contributed by atoms with Gasteiger partial charge >= 0.3 is 6.09 Å². The van der Waals surface area contributed by atoms with Crippen molar-refractivity contribution in [2.45, 2.75) is 59.2 Å². The Hall–Kier alpha value is -1.72. The number of nitrogens with one attached hydrogen (secondary N) is 1. The monoisotopic (exact) mass is 281 g/mol. The van der Waals surface area contributed by atoms with Crippen molar-refractivity contribution in [1.29, 1.82) is 0 Å². The number of aromatic amines is 1. The van der Waals surface area contributed by atoms with Gasteiger partial charge in [0.2, 0.25) is 0 Å². The van der Waals surface area contributed by atoms with Crippen molar-refractivity contribution in [1.82, 2.24) is 14.7 Å². The van der Waals surface area contributed by atoms with Gasteiger partial charge in [-0.25, -0.2) is 4.79 Å². The minimum Gasteiger partial charge on any atom is -0.444 e. The van der Waals surface area contributed by atoms with E-state index in [4.69, 9.17) is 4.74 Å². The zero-order chi connectivity index (χ0) is 15.1. The molecule has 1 N–H and O–H groups in total. The summed E-state index contributed by atoms with van der Waals surface area (Å²) in [6.07, 6.45) is 0.311. The number of nitrogens with zero attached hydrogens (tertiary/aromatic N) is 2. The predicted octanol–water partition coefficient (Wildman–Crippen LogP) is 2.05. The fourth-order valence-corrected chi connectivity index (χ4v) is 2.39. The number of ether oxygens (including phenoxy) is 1. The van der Waals surface area contributed by atoms with Crippen molar-refractivity contribution in [2.24, 2.45) is 0 Å². The standard InChI is InChI=1S/C14H23N3O3/c1-9(2)17-11-6-7-16(8-10(11)12(18)15-17)13(19)20-14(3,4)5/h9H,6-8H2,1-5H3,(H,15,18). The van der Waals surface area contributed by atoms with Gasteiger partial charge in [-0.05, 0) is 34.6 Å². The minimum atomic E-state index is -0.520. The molecule has 1 amide bonds. The van der Waals surface area contributed by atoms with Crippen LogP contribution in [0.2, 0.25) is 0 Å². The molecule has 1 aromatic heterocycles. The van der Waals surface area contributed by atoms with E-state index < -0.39 is 5.60 Å². The summed E-state index contributed by atoms with van der Waals surface area (Å²) in [6.45, 7) is 10.4. The maximum absolute atomic E-state index is 12.1. The Morgan fingerprint density at radius 2 is 2.00 bits per heavy atom. The van der Waals surface area contributed by atoms with E-state index in [0.717, 1.165) is 5.69 Å². The first kappa shape index (κ1) is 14.7. The van der Waals surface area contributed by atoms with Crippen molar-refractivity contribution in [3.63, 3.8) is 0 Å². The molecule has 112 valence electrons. The number of carbonyl (C=O) groups is 1. The first-order valence-electron chi connectivity index (χ1n) is 6.99. The molecule has 1 aliphatic heterocycles. The molecule has 20 heavy (non-hydrogen) atoms. The molecule has 0 bridgehead atoms. The number of amides is 1. The van der Waals surface area contributed by atoms with Crippen molar-refractivity contribution < 1.29 is 9.53 Å². The van der Waals surface area contributed by atoms with Crippen LogP contribution in [0.3, 0.4) is 0 Å². The van der Waals surface area contributed by atoms with Crippen LogP contribution in [-0.4, -0.2) is 32.9 Å². The van der Waals surface area contributed by atoms with Crippen LogP contribution in [0.4, 0.5) is 4.79 Å². The van der Waals surface area contributed by atoms with Crippen LogP contribution in [0, 0.1) is 0 Å². The summed E-state index contributed by atoms with van der Waals surface area (Å²) in [6, 6.07) is 0.208. The maximum Gasteiger partial charge on any atom is 0.410 e. The van der Waals surface area contributed by atoms with E-state index >= 15 is 0 Å². The van der Waals surface area contributed by atoms with E-state index in [2.05, 4.69) is 5.10 Å². The third-order valence-corrected chi connectivity index (χ3v) is 3.27. The third-order valence-electron chi connectivity index (χ3n) is 3.27. The zero-order valence-electron chi connectivity index (χ0n) is 12.8. The summed E-state index contributed by atoms with van der Waals surface area (Å²) in [7, 11) is 0. The number of hydrogen-bond acceptors (Lipinski definition) is 3. The molecule has 0 radical (unpaired) electrons. The number of rotatable bonds is 1. The molecule has 0 aromatic carbocycles. The maximum atomic E-state index is 12.1. The fraction of sp³-hybridized carbons (Fsp3) is 0.714. The van der Waals surface area contributed by atoms with Gasteiger partial charge in [0.25, 0.3) is 5.56 Å². The lowest BCUT2D eigenvalue weighted by atomic mass is 10.1. The molecule has 0 fully saturated rings. The van der Waals surface area contributed by atoms with Crippen molar-refractivity contribution in [2.75, 3.05) is 6.54 Å². The summed E-state index contributed by atoms with van der Waals surface area (Å²) < 4.78 is 7.25. The zero-order valence-corrected chi connectivity index (χ0v) is 12.8. The molecule has 2 heterocycles. The van der Waals surface area contributed by atoms with Gasteiger partial charge < -0.3 is 9.64 Å². The van der Waals surface area contributed by atoms with Gasteiger partial charge in [-0.15, -0.1) is 0 Å². The highest BCUT2D eigenvalue weighted by Gasteiger charge is 2.29. The normalized spacial score (nSPS) is 15.4. The lowest BCUT2D eigenvalue weighted by Crippen LogP contribution is -2.41. The Kier molecular flexibility index (Phi) is 3.67. The fourth-order valence-electron chi connectivity index (χ4n) is 2.39. The summed E-state index contributed by atoms with van der Waals surface area (Å²) >= 11 is 0. The SMILES string of the molecule is CC(C)n1[nH]c(=O)c2c1CCN(C(=O)OC(C)(C)C)C2. The second-order valence-corrected chi connectivity index (χ2v) is 6.48. The smallest absolute Gasteiger partial charge is 0.410 e. The van der Waals surface area contributed by atoms with Crippen LogP contribution in [-0.2, 0) is 17.7 Å². The largest absolute Gasteiger partial charge is 0.444 e. The number of H-pyrrole nitrogens is 1. The summed E-state index contributed by atoms with van der Waals surface area (Å²) in [5, 5.41) is 2.84. The van der Waals surface area contributed by atoms with Crippen LogP contribution in [0.25, 0.3) is 0 Å². The lowest BCUT2D eigenvalue weighted by molar-refractivity contribution is 0.0222. The van der Waals surface area contributed by atoms with E-state index in [-0.39, 0.29) is 17.7 Å². The molecule has 1 aromatic rings. The molecule has 2 rings (SSSR count). The van der Waals surface area contributed by atoms with Crippen molar-refractivity contribution in [3.8, 4) is 0 Å². The summed E-state index contributed by atoms with van der Waals surface area (Å²) in [5.41, 5.74) is 1.05. The quantitative estimate of drug-likeness (QED) is 0.856. The molecule has 0 unspecified atom stereocenters. The van der Waals surface area contributed by atoms with E-state index in [1.54, 1.807) is 4.90 Å². The van der Waals surface area contributed by atoms with Gasteiger partial charge in [-0.2, -0.15) is 0 Å². The molecular formula is C14H23N3O3. The molecule has 0 spiro atoms. The topological polar surface area (TPSA) is 67.3 Å². The Morgan fingerprint density at radius 3 is 2.55 bits per heavy atom. The molecule has 0 aliphatic carbocycles. The Morgan fingerprint density at radius 1 is 1.35 bits per heavy atom. The van der Waals surface area contributed by atoms with E-state index in [1.165, 1.54) is 0 Å². The molecule has 6 nitrogen and oxygen atoms in total. The highest BCUT2D eigenvalue weighted by molar-refractivity contribution is 5.68. The van der Waals surface area contributed by atoms with Gasteiger partial charge in [0.15, 0.2) is 0 Å². The number of hydrogen-bond donors (Lipinski definition) is 1. The first-order valence-corrected chi connectivity index (χ1v) is 6.99. The van der Waals surface area contributed by atoms with Crippen LogP contribution in [0.15, 0.2) is 4.79 Å². The predicted molar refractivity (Wildman–Crippen MR) is 75.8 cm³/mol. The first-order chi connectivity index (χ1) is 9.19. The average molecular weight is 281 g/mol. The van der Waals surface area contributed by atoms with Crippen molar-refractivity contribution >= 4 is 6.09 Å². The Bertz CT molecular complexity index is 563. The molecule has 1 aliphatic rings. The average Bonchev–Trinajstić information content (AvgIpc) is 2.64. The summed E-state index contributed by atoms with van der Waals surface area (Å²) in [4.78, 5) is 25.6. The van der Waals surface area contributed by atoms with Crippen LogP contribution in [0.1, 0.15) is 51.9 Å². The van der Waals surface area contributed by atoms with Gasteiger partial charge in [0.05, 0.1) is 12.1 Å². The van der Waals surface area contributed by atoms with Crippen LogP contribution < -0.4 is 5.56 Å². The van der Waals surface area contributed by atoms with E-state index in [9.17, 15) is 9.59 Å². The molecule has 0 atom stereocenters. The van der Waals surface area contributed by atoms with Gasteiger partial charge in [0.1, 0.15) is 5.60 Å². The second-order valence-electron chi connectivity index (χ2n) is 6.48. The Balaban J connectivity index is 2.20. The molecular weight excluding hydrogens is 258 g/mol. The number of fused-ring (bicyclic) bond motifs is 1. The lowest BCUT2D eigenvalue weighted by Gasteiger charge is -2.30. The van der Waals surface area contributed by atoms with Gasteiger partial charge in [-0.3, -0.25) is 14.6 Å².